The van der Waals surface area contributed by atoms with Gasteiger partial charge in [0.05, 0.1) is 12.7 Å². The van der Waals surface area contributed by atoms with Crippen LogP contribution in [0.2, 0.25) is 0 Å². The number of nitrogens with zero attached hydrogens (tertiary/aromatic N) is 1. The van der Waals surface area contributed by atoms with E-state index in [1.807, 2.05) is 0 Å². The van der Waals surface area contributed by atoms with Crippen LogP contribution in [-0.4, -0.2) is 62.6 Å². The summed E-state index contributed by atoms with van der Waals surface area (Å²) in [4.78, 5) is 49.8. The van der Waals surface area contributed by atoms with Gasteiger partial charge >= 0.3 is 23.9 Å². The van der Waals surface area contributed by atoms with Crippen LogP contribution in [0.1, 0.15) is 36.7 Å². The first kappa shape index (κ1) is 22.8. The average Bonchev–Trinajstić information content (AvgIpc) is 2.66. The molecule has 0 N–H and O–H groups in total. The maximum Gasteiger partial charge on any atom is 0.337 e. The molecule has 9 heteroatoms. The molecule has 0 saturated carbocycles. The second-order valence-corrected chi connectivity index (χ2v) is 5.94. The molecule has 0 saturated heterocycles. The number of carbonyl (C=O) groups is 4. The number of hydrogen-bond acceptors (Lipinski definition) is 9. The van der Waals surface area contributed by atoms with Gasteiger partial charge in [-0.15, -0.1) is 0 Å². The Kier molecular flexibility index (Phi) is 8.80. The highest BCUT2D eigenvalue weighted by Gasteiger charge is 2.34. The molecular weight excluding hydrogens is 370 g/mol. The van der Waals surface area contributed by atoms with Crippen LogP contribution < -0.4 is 0 Å². The summed E-state index contributed by atoms with van der Waals surface area (Å²) in [6.45, 7) is 2.80. The van der Waals surface area contributed by atoms with Gasteiger partial charge in [-0.3, -0.25) is 19.4 Å². The number of rotatable bonds is 9. The van der Waals surface area contributed by atoms with Gasteiger partial charge in [0.2, 0.25) is 0 Å². The van der Waals surface area contributed by atoms with Crippen LogP contribution in [0.15, 0.2) is 29.3 Å². The number of benzene rings is 1. The van der Waals surface area contributed by atoms with E-state index < -0.39 is 29.4 Å². The lowest BCUT2D eigenvalue weighted by Gasteiger charge is -2.28. The monoisotopic (exact) mass is 393 g/mol. The maximum atomic E-state index is 11.7. The Balaban J connectivity index is 3.20. The number of hydrogen-bond donors (Lipinski definition) is 0. The van der Waals surface area contributed by atoms with E-state index in [0.29, 0.717) is 11.1 Å². The number of ether oxygens (including phenoxy) is 4. The van der Waals surface area contributed by atoms with Crippen LogP contribution in [-0.2, 0) is 33.3 Å². The van der Waals surface area contributed by atoms with Crippen LogP contribution in [0.5, 0.6) is 0 Å². The molecule has 0 radical (unpaired) electrons. The number of carbonyl (C=O) groups excluding carboxylic acids is 4. The molecule has 1 aromatic rings. The van der Waals surface area contributed by atoms with E-state index in [1.54, 1.807) is 24.3 Å². The van der Waals surface area contributed by atoms with Crippen molar-refractivity contribution in [2.45, 2.75) is 26.3 Å². The zero-order chi connectivity index (χ0) is 21.2. The van der Waals surface area contributed by atoms with Gasteiger partial charge in [-0.1, -0.05) is 12.1 Å². The van der Waals surface area contributed by atoms with Crippen molar-refractivity contribution in [3.63, 3.8) is 0 Å². The first-order chi connectivity index (χ1) is 13.2. The fourth-order valence-electron chi connectivity index (χ4n) is 2.02. The lowest BCUT2D eigenvalue weighted by Crippen LogP contribution is -2.44. The topological polar surface area (TPSA) is 118 Å². The quantitative estimate of drug-likeness (QED) is 0.350. The van der Waals surface area contributed by atoms with Crippen molar-refractivity contribution >= 4 is 30.1 Å². The first-order valence-corrected chi connectivity index (χ1v) is 8.31. The van der Waals surface area contributed by atoms with E-state index >= 15 is 0 Å². The molecule has 0 aliphatic carbocycles. The Labute approximate surface area is 162 Å². The summed E-state index contributed by atoms with van der Waals surface area (Å²) >= 11 is 0. The van der Waals surface area contributed by atoms with Gasteiger partial charge in [-0.25, -0.2) is 4.79 Å². The van der Waals surface area contributed by atoms with E-state index in [0.717, 1.165) is 0 Å². The SMILES string of the molecule is COC(=O)c1cccc(C=NC(COC(C)=O)(COC(C)=O)COC(C)=O)c1. The third kappa shape index (κ3) is 7.98. The zero-order valence-corrected chi connectivity index (χ0v) is 16.2. The van der Waals surface area contributed by atoms with Gasteiger partial charge in [0.15, 0.2) is 5.54 Å². The smallest absolute Gasteiger partial charge is 0.337 e. The van der Waals surface area contributed by atoms with E-state index in [1.165, 1.54) is 34.1 Å². The third-order valence-corrected chi connectivity index (χ3v) is 3.43. The van der Waals surface area contributed by atoms with Gasteiger partial charge in [-0.05, 0) is 17.7 Å². The molecule has 152 valence electrons. The second kappa shape index (κ2) is 10.8. The highest BCUT2D eigenvalue weighted by atomic mass is 16.6. The molecule has 9 nitrogen and oxygen atoms in total. The normalized spacial score (nSPS) is 11.0. The molecule has 0 atom stereocenters. The van der Waals surface area contributed by atoms with Gasteiger partial charge in [0.1, 0.15) is 19.8 Å². The van der Waals surface area contributed by atoms with Gasteiger partial charge in [-0.2, -0.15) is 0 Å². The van der Waals surface area contributed by atoms with Crippen molar-refractivity contribution in [3.05, 3.63) is 35.4 Å². The molecule has 0 bridgehead atoms. The summed E-state index contributed by atoms with van der Waals surface area (Å²) in [6.07, 6.45) is 1.41. The van der Waals surface area contributed by atoms with Gasteiger partial charge in [0, 0.05) is 27.0 Å². The van der Waals surface area contributed by atoms with Gasteiger partial charge < -0.3 is 18.9 Å². The van der Waals surface area contributed by atoms with E-state index in [2.05, 4.69) is 9.73 Å². The summed E-state index contributed by atoms with van der Waals surface area (Å²) in [5, 5.41) is 0. The molecule has 1 rings (SSSR count). The summed E-state index contributed by atoms with van der Waals surface area (Å²) in [7, 11) is 1.27. The van der Waals surface area contributed by atoms with Crippen molar-refractivity contribution < 1.29 is 38.1 Å². The molecule has 28 heavy (non-hydrogen) atoms. The van der Waals surface area contributed by atoms with Crippen molar-refractivity contribution in [3.8, 4) is 0 Å². The molecule has 0 aliphatic heterocycles. The lowest BCUT2D eigenvalue weighted by atomic mass is 10.0. The van der Waals surface area contributed by atoms with Crippen LogP contribution in [0.4, 0.5) is 0 Å². The van der Waals surface area contributed by atoms with Gasteiger partial charge in [0.25, 0.3) is 0 Å². The predicted molar refractivity (Wildman–Crippen MR) is 98.0 cm³/mol. The second-order valence-electron chi connectivity index (χ2n) is 5.94. The molecule has 0 heterocycles. The molecule has 0 aromatic heterocycles. The summed E-state index contributed by atoms with van der Waals surface area (Å²) in [6, 6.07) is 6.44. The molecule has 0 fully saturated rings. The van der Waals surface area contributed by atoms with E-state index in [4.69, 9.17) is 14.2 Å². The minimum absolute atomic E-state index is 0.282. The van der Waals surface area contributed by atoms with Crippen LogP contribution in [0, 0.1) is 0 Å². The van der Waals surface area contributed by atoms with Crippen molar-refractivity contribution in [1.29, 1.82) is 0 Å². The Morgan fingerprint density at radius 3 is 1.86 bits per heavy atom. The molecular formula is C19H23NO8. The predicted octanol–water partition coefficient (Wildman–Crippen LogP) is 1.32. The Morgan fingerprint density at radius 2 is 1.43 bits per heavy atom. The van der Waals surface area contributed by atoms with Crippen LogP contribution in [0.3, 0.4) is 0 Å². The highest BCUT2D eigenvalue weighted by molar-refractivity contribution is 5.92. The van der Waals surface area contributed by atoms with E-state index in [-0.39, 0.29) is 19.8 Å². The molecule has 1 aromatic carbocycles. The largest absolute Gasteiger partial charge is 0.465 e. The number of methoxy groups -OCH3 is 1. The summed E-state index contributed by atoms with van der Waals surface area (Å²) in [5.74, 6) is -2.23. The van der Waals surface area contributed by atoms with E-state index in [9.17, 15) is 19.2 Å². The average molecular weight is 393 g/mol. The molecule has 0 spiro atoms. The van der Waals surface area contributed by atoms with Crippen molar-refractivity contribution in [1.82, 2.24) is 0 Å². The Morgan fingerprint density at radius 1 is 0.929 bits per heavy atom. The minimum Gasteiger partial charge on any atom is -0.465 e. The van der Waals surface area contributed by atoms with Crippen LogP contribution >= 0.6 is 0 Å². The zero-order valence-electron chi connectivity index (χ0n) is 16.2. The molecule has 0 aliphatic rings. The molecule has 0 amide bonds. The van der Waals surface area contributed by atoms with Crippen molar-refractivity contribution in [2.75, 3.05) is 26.9 Å². The van der Waals surface area contributed by atoms with Crippen molar-refractivity contribution in [2.24, 2.45) is 4.99 Å². The summed E-state index contributed by atoms with van der Waals surface area (Å²) < 4.78 is 19.8. The standard InChI is InChI=1S/C19H23NO8/c1-13(21)26-10-19(11-27-14(2)22,12-28-15(3)23)20-9-16-6-5-7-17(8-16)18(24)25-4/h5-9H,10-12H2,1-4H3. The Bertz CT molecular complexity index is 711. The number of esters is 4. The maximum absolute atomic E-state index is 11.7. The Hall–Kier alpha value is -3.23. The fourth-order valence-corrected chi connectivity index (χ4v) is 2.02. The third-order valence-electron chi connectivity index (χ3n) is 3.43. The summed E-state index contributed by atoms with van der Waals surface area (Å²) in [5.41, 5.74) is -0.484. The fraction of sp³-hybridized carbons (Fsp3) is 0.421. The highest BCUT2D eigenvalue weighted by Crippen LogP contribution is 2.16. The number of aliphatic imine (C=N–C) groups is 1. The first-order valence-electron chi connectivity index (χ1n) is 8.31. The molecule has 0 unspecified atom stereocenters. The lowest BCUT2D eigenvalue weighted by molar-refractivity contribution is -0.152. The minimum atomic E-state index is -1.34. The van der Waals surface area contributed by atoms with Crippen LogP contribution in [0.25, 0.3) is 0 Å².